The van der Waals surface area contributed by atoms with Crippen molar-refractivity contribution in [2.45, 2.75) is 13.3 Å². The molecule has 2 aromatic rings. The molecule has 88 valence electrons. The van der Waals surface area contributed by atoms with E-state index in [-0.39, 0.29) is 0 Å². The van der Waals surface area contributed by atoms with Gasteiger partial charge in [0.1, 0.15) is 11.5 Å². The zero-order chi connectivity index (χ0) is 12.3. The number of benzene rings is 2. The van der Waals surface area contributed by atoms with Crippen LogP contribution in [0.4, 0.5) is 0 Å². The van der Waals surface area contributed by atoms with Crippen molar-refractivity contribution in [1.82, 2.24) is 0 Å². The quantitative estimate of drug-likeness (QED) is 0.799. The maximum absolute atomic E-state index is 9.82. The van der Waals surface area contributed by atoms with Crippen molar-refractivity contribution in [1.29, 1.82) is 0 Å². The van der Waals surface area contributed by atoms with Gasteiger partial charge in [-0.2, -0.15) is 0 Å². The zero-order valence-corrected chi connectivity index (χ0v) is 10.1. The highest BCUT2D eigenvalue weighted by Crippen LogP contribution is 2.24. The van der Waals surface area contributed by atoms with Gasteiger partial charge in [-0.1, -0.05) is 25.1 Å². The van der Waals surface area contributed by atoms with Gasteiger partial charge >= 0.3 is 0 Å². The minimum atomic E-state index is 0.338. The summed E-state index contributed by atoms with van der Waals surface area (Å²) in [4.78, 5) is 0. The minimum Gasteiger partial charge on any atom is -0.508 e. The van der Waals surface area contributed by atoms with Gasteiger partial charge in [0.2, 0.25) is 0 Å². The predicted octanol–water partition coefficient (Wildman–Crippen LogP) is 4.16. The molecule has 1 N–H and O–H groups in total. The molecule has 0 atom stereocenters. The zero-order valence-electron chi connectivity index (χ0n) is 10.1. The van der Waals surface area contributed by atoms with E-state index >= 15 is 0 Å². The maximum atomic E-state index is 9.82. The second kappa shape index (κ2) is 4.91. The van der Waals surface area contributed by atoms with Gasteiger partial charge in [-0.05, 0) is 41.5 Å². The van der Waals surface area contributed by atoms with Gasteiger partial charge in [-0.15, -0.1) is 0 Å². The molecule has 17 heavy (non-hydrogen) atoms. The summed E-state index contributed by atoms with van der Waals surface area (Å²) < 4.78 is 5.18. The van der Waals surface area contributed by atoms with Crippen molar-refractivity contribution in [2.75, 3.05) is 7.11 Å². The Morgan fingerprint density at radius 1 is 1.18 bits per heavy atom. The fraction of sp³-hybridized carbons (Fsp3) is 0.200. The van der Waals surface area contributed by atoms with Crippen LogP contribution in [0.3, 0.4) is 0 Å². The first-order valence-corrected chi connectivity index (χ1v) is 5.72. The average molecular weight is 228 g/mol. The number of ether oxygens (including phenoxy) is 1. The highest BCUT2D eigenvalue weighted by molar-refractivity contribution is 5.86. The number of allylic oxidation sites excluding steroid dienone is 1. The second-order valence-corrected chi connectivity index (χ2v) is 3.93. The summed E-state index contributed by atoms with van der Waals surface area (Å²) in [6.07, 6.45) is 2.64. The first-order chi connectivity index (χ1) is 8.24. The molecule has 0 aromatic heterocycles. The average Bonchev–Trinajstić information content (AvgIpc) is 2.37. The number of hydrogen-bond donors (Lipinski definition) is 1. The standard InChI is InChI=1S/C15H16O2/c1-3-4-15(16)13-6-5-12-10-14(17-2)8-7-11(12)9-13/h4-10,16H,3H2,1-2H3. The number of aliphatic hydroxyl groups is 1. The Kier molecular flexibility index (Phi) is 3.33. The summed E-state index contributed by atoms with van der Waals surface area (Å²) >= 11 is 0. The van der Waals surface area contributed by atoms with Crippen LogP contribution in [0.2, 0.25) is 0 Å². The van der Waals surface area contributed by atoms with Crippen LogP contribution in [0.25, 0.3) is 16.5 Å². The molecular formula is C15H16O2. The topological polar surface area (TPSA) is 29.5 Å². The molecule has 0 heterocycles. The van der Waals surface area contributed by atoms with Crippen molar-refractivity contribution in [3.05, 3.63) is 48.0 Å². The van der Waals surface area contributed by atoms with Crippen LogP contribution in [-0.2, 0) is 0 Å². The molecule has 0 bridgehead atoms. The van der Waals surface area contributed by atoms with Crippen LogP contribution >= 0.6 is 0 Å². The van der Waals surface area contributed by atoms with Crippen molar-refractivity contribution in [3.8, 4) is 5.75 Å². The van der Waals surface area contributed by atoms with Gasteiger partial charge in [-0.25, -0.2) is 0 Å². The van der Waals surface area contributed by atoms with E-state index in [2.05, 4.69) is 0 Å². The van der Waals surface area contributed by atoms with Crippen LogP contribution in [-0.4, -0.2) is 12.2 Å². The molecule has 0 saturated carbocycles. The monoisotopic (exact) mass is 228 g/mol. The van der Waals surface area contributed by atoms with Crippen LogP contribution in [0, 0.1) is 0 Å². The summed E-state index contributed by atoms with van der Waals surface area (Å²) in [5, 5.41) is 12.0. The fourth-order valence-corrected chi connectivity index (χ4v) is 1.82. The van der Waals surface area contributed by atoms with Crippen LogP contribution < -0.4 is 4.74 Å². The van der Waals surface area contributed by atoms with Gasteiger partial charge in [0, 0.05) is 5.56 Å². The minimum absolute atomic E-state index is 0.338. The first-order valence-electron chi connectivity index (χ1n) is 5.72. The smallest absolute Gasteiger partial charge is 0.119 e. The van der Waals surface area contributed by atoms with Crippen molar-refractivity contribution in [3.63, 3.8) is 0 Å². The Hall–Kier alpha value is -1.96. The normalized spacial score (nSPS) is 11.8. The highest BCUT2D eigenvalue weighted by atomic mass is 16.5. The third kappa shape index (κ3) is 2.41. The number of methoxy groups -OCH3 is 1. The fourth-order valence-electron chi connectivity index (χ4n) is 1.82. The Morgan fingerprint density at radius 3 is 2.59 bits per heavy atom. The van der Waals surface area contributed by atoms with E-state index in [0.717, 1.165) is 28.5 Å². The molecule has 2 nitrogen and oxygen atoms in total. The molecule has 0 saturated heterocycles. The summed E-state index contributed by atoms with van der Waals surface area (Å²) in [5.41, 5.74) is 0.851. The number of rotatable bonds is 3. The van der Waals surface area contributed by atoms with Crippen LogP contribution in [0.5, 0.6) is 5.75 Å². The van der Waals surface area contributed by atoms with Gasteiger partial charge in [0.05, 0.1) is 7.11 Å². The van der Waals surface area contributed by atoms with Gasteiger partial charge in [-0.3, -0.25) is 0 Å². The Balaban J connectivity index is 2.48. The lowest BCUT2D eigenvalue weighted by molar-refractivity contribution is 0.415. The molecule has 0 amide bonds. The molecular weight excluding hydrogens is 212 g/mol. The molecule has 2 rings (SSSR count). The molecule has 0 fully saturated rings. The lowest BCUT2D eigenvalue weighted by atomic mass is 10.1. The van der Waals surface area contributed by atoms with E-state index in [1.54, 1.807) is 7.11 Å². The van der Waals surface area contributed by atoms with Crippen molar-refractivity contribution in [2.24, 2.45) is 0 Å². The number of fused-ring (bicyclic) bond motifs is 1. The van der Waals surface area contributed by atoms with E-state index in [4.69, 9.17) is 4.74 Å². The third-order valence-corrected chi connectivity index (χ3v) is 2.74. The molecule has 2 aromatic carbocycles. The number of hydrogen-bond acceptors (Lipinski definition) is 2. The third-order valence-electron chi connectivity index (χ3n) is 2.74. The molecule has 0 radical (unpaired) electrons. The van der Waals surface area contributed by atoms with E-state index in [1.165, 1.54) is 0 Å². The molecule has 0 unspecified atom stereocenters. The summed E-state index contributed by atoms with van der Waals surface area (Å²) in [6, 6.07) is 11.8. The Labute approximate surface area is 101 Å². The summed E-state index contributed by atoms with van der Waals surface area (Å²) in [7, 11) is 1.66. The second-order valence-electron chi connectivity index (χ2n) is 3.93. The predicted molar refractivity (Wildman–Crippen MR) is 71.4 cm³/mol. The largest absolute Gasteiger partial charge is 0.508 e. The molecule has 0 aliphatic carbocycles. The highest BCUT2D eigenvalue weighted by Gasteiger charge is 2.01. The molecule has 0 aliphatic heterocycles. The van der Waals surface area contributed by atoms with Crippen molar-refractivity contribution >= 4 is 16.5 Å². The lowest BCUT2D eigenvalue weighted by Crippen LogP contribution is -1.85. The van der Waals surface area contributed by atoms with E-state index < -0.39 is 0 Å². The van der Waals surface area contributed by atoms with Gasteiger partial charge in [0.25, 0.3) is 0 Å². The first kappa shape index (κ1) is 11.5. The van der Waals surface area contributed by atoms with Gasteiger partial charge < -0.3 is 9.84 Å². The van der Waals surface area contributed by atoms with Crippen LogP contribution in [0.1, 0.15) is 18.9 Å². The van der Waals surface area contributed by atoms with Crippen LogP contribution in [0.15, 0.2) is 42.5 Å². The maximum Gasteiger partial charge on any atom is 0.119 e. The van der Waals surface area contributed by atoms with Crippen molar-refractivity contribution < 1.29 is 9.84 Å². The van der Waals surface area contributed by atoms with E-state index in [1.807, 2.05) is 49.4 Å². The lowest BCUT2D eigenvalue weighted by Gasteiger charge is -2.05. The van der Waals surface area contributed by atoms with E-state index in [9.17, 15) is 5.11 Å². The van der Waals surface area contributed by atoms with Gasteiger partial charge in [0.15, 0.2) is 0 Å². The SMILES string of the molecule is CCC=C(O)c1ccc2cc(OC)ccc2c1. The Bertz CT molecular complexity index is 556. The molecule has 2 heteroatoms. The number of aliphatic hydroxyl groups excluding tert-OH is 1. The molecule has 0 aliphatic rings. The molecule has 0 spiro atoms. The summed E-state index contributed by atoms with van der Waals surface area (Å²) in [5.74, 6) is 1.18. The summed E-state index contributed by atoms with van der Waals surface area (Å²) in [6.45, 7) is 2.00. The Morgan fingerprint density at radius 2 is 1.88 bits per heavy atom. The van der Waals surface area contributed by atoms with E-state index in [0.29, 0.717) is 5.76 Å².